The molecule has 1 aromatic carbocycles. The van der Waals surface area contributed by atoms with Gasteiger partial charge in [-0.2, -0.15) is 4.31 Å². The fraction of sp³-hybridized carbons (Fsp3) is 0.588. The SMILES string of the molecule is COc1ccc(S(=O)(=O)N2CC[C@@]3(O)CCN(C(C)=O)C[C@H]3C2)cc1Cl. The number of benzene rings is 1. The van der Waals surface area contributed by atoms with Gasteiger partial charge >= 0.3 is 0 Å². The van der Waals surface area contributed by atoms with Gasteiger partial charge in [-0.3, -0.25) is 4.79 Å². The molecular formula is C17H23ClN2O5S. The molecule has 2 aliphatic heterocycles. The molecule has 2 saturated heterocycles. The summed E-state index contributed by atoms with van der Waals surface area (Å²) in [5.41, 5.74) is -0.921. The maximum Gasteiger partial charge on any atom is 0.243 e. The standard InChI is InChI=1S/C17H23ClN2O5S/c1-12(21)19-7-5-17(22)6-8-20(11-13(17)10-19)26(23,24)14-3-4-16(25-2)15(18)9-14/h3-4,9,13,22H,5-8,10-11H2,1-2H3/t13-,17-/m0/s1. The molecule has 2 aliphatic rings. The van der Waals surface area contributed by atoms with Gasteiger partial charge in [0.1, 0.15) is 5.75 Å². The molecule has 1 amide bonds. The predicted molar refractivity (Wildman–Crippen MR) is 96.7 cm³/mol. The van der Waals surface area contributed by atoms with E-state index in [1.165, 1.54) is 36.5 Å². The van der Waals surface area contributed by atoms with Crippen molar-refractivity contribution in [2.75, 3.05) is 33.3 Å². The molecule has 9 heteroatoms. The molecule has 0 aliphatic carbocycles. The highest BCUT2D eigenvalue weighted by Gasteiger charge is 2.47. The first-order valence-corrected chi connectivity index (χ1v) is 10.3. The van der Waals surface area contributed by atoms with Gasteiger partial charge in [-0.25, -0.2) is 8.42 Å². The summed E-state index contributed by atoms with van der Waals surface area (Å²) in [4.78, 5) is 13.4. The number of amides is 1. The van der Waals surface area contributed by atoms with Crippen LogP contribution in [0.25, 0.3) is 0 Å². The Bertz CT molecular complexity index is 815. The number of sulfonamides is 1. The van der Waals surface area contributed by atoms with Crippen molar-refractivity contribution in [2.24, 2.45) is 5.92 Å². The van der Waals surface area contributed by atoms with Gasteiger partial charge in [0.05, 0.1) is 22.6 Å². The summed E-state index contributed by atoms with van der Waals surface area (Å²) in [5, 5.41) is 11.1. The van der Waals surface area contributed by atoms with Gasteiger partial charge in [0.15, 0.2) is 0 Å². The topological polar surface area (TPSA) is 87.2 Å². The number of nitrogens with zero attached hydrogens (tertiary/aromatic N) is 2. The van der Waals surface area contributed by atoms with E-state index in [0.29, 0.717) is 31.7 Å². The summed E-state index contributed by atoms with van der Waals surface area (Å²) in [5.74, 6) is 0.0365. The zero-order valence-corrected chi connectivity index (χ0v) is 16.4. The summed E-state index contributed by atoms with van der Waals surface area (Å²) in [6.07, 6.45) is 0.825. The third-order valence-electron chi connectivity index (χ3n) is 5.44. The van der Waals surface area contributed by atoms with Crippen LogP contribution in [0.5, 0.6) is 5.75 Å². The lowest BCUT2D eigenvalue weighted by atomic mass is 9.76. The average Bonchev–Trinajstić information content (AvgIpc) is 2.60. The Morgan fingerprint density at radius 2 is 2.00 bits per heavy atom. The number of hydrogen-bond acceptors (Lipinski definition) is 5. The Morgan fingerprint density at radius 1 is 1.31 bits per heavy atom. The van der Waals surface area contributed by atoms with Crippen molar-refractivity contribution in [1.29, 1.82) is 0 Å². The first-order chi connectivity index (χ1) is 12.2. The van der Waals surface area contributed by atoms with Gasteiger partial charge in [-0.15, -0.1) is 0 Å². The molecule has 2 heterocycles. The number of aliphatic hydroxyl groups is 1. The summed E-state index contributed by atoms with van der Waals surface area (Å²) in [6, 6.07) is 4.36. The van der Waals surface area contributed by atoms with Gasteiger partial charge in [-0.05, 0) is 31.0 Å². The fourth-order valence-corrected chi connectivity index (χ4v) is 5.57. The molecule has 26 heavy (non-hydrogen) atoms. The molecule has 2 atom stereocenters. The van der Waals surface area contributed by atoms with E-state index in [1.54, 1.807) is 4.90 Å². The van der Waals surface area contributed by atoms with E-state index in [9.17, 15) is 18.3 Å². The lowest BCUT2D eigenvalue weighted by Crippen LogP contribution is -2.61. The van der Waals surface area contributed by atoms with Crippen LogP contribution < -0.4 is 4.74 Å². The van der Waals surface area contributed by atoms with Crippen LogP contribution in [0.2, 0.25) is 5.02 Å². The smallest absolute Gasteiger partial charge is 0.243 e. The molecule has 2 fully saturated rings. The van der Waals surface area contributed by atoms with E-state index in [-0.39, 0.29) is 34.8 Å². The summed E-state index contributed by atoms with van der Waals surface area (Å²) in [6.45, 7) is 2.76. The molecule has 144 valence electrons. The Kier molecular flexibility index (Phi) is 5.22. The molecule has 0 bridgehead atoms. The molecule has 1 aromatic rings. The number of methoxy groups -OCH3 is 1. The first kappa shape index (κ1) is 19.4. The molecule has 1 N–H and O–H groups in total. The summed E-state index contributed by atoms with van der Waals surface area (Å²) >= 11 is 6.07. The van der Waals surface area contributed by atoms with E-state index in [2.05, 4.69) is 0 Å². The minimum absolute atomic E-state index is 0.0611. The first-order valence-electron chi connectivity index (χ1n) is 8.49. The minimum Gasteiger partial charge on any atom is -0.495 e. The number of halogens is 1. The normalized spacial score (nSPS) is 27.1. The van der Waals surface area contributed by atoms with Crippen LogP contribution in [0.15, 0.2) is 23.1 Å². The Balaban J connectivity index is 1.83. The van der Waals surface area contributed by atoms with Gasteiger partial charge in [0, 0.05) is 39.0 Å². The lowest BCUT2D eigenvalue weighted by molar-refractivity contribution is -0.142. The average molecular weight is 403 g/mol. The van der Waals surface area contributed by atoms with Crippen molar-refractivity contribution < 1.29 is 23.1 Å². The molecule has 3 rings (SSSR count). The van der Waals surface area contributed by atoms with Crippen LogP contribution in [0.1, 0.15) is 19.8 Å². The van der Waals surface area contributed by atoms with E-state index >= 15 is 0 Å². The van der Waals surface area contributed by atoms with E-state index in [1.807, 2.05) is 0 Å². The van der Waals surface area contributed by atoms with Gasteiger partial charge < -0.3 is 14.7 Å². The van der Waals surface area contributed by atoms with Crippen molar-refractivity contribution >= 4 is 27.5 Å². The third kappa shape index (κ3) is 3.43. The molecule has 0 spiro atoms. The Labute approximate surface area is 158 Å². The summed E-state index contributed by atoms with van der Waals surface area (Å²) in [7, 11) is -2.28. The van der Waals surface area contributed by atoms with Gasteiger partial charge in [-0.1, -0.05) is 11.6 Å². The maximum absolute atomic E-state index is 13.0. The zero-order valence-electron chi connectivity index (χ0n) is 14.8. The minimum atomic E-state index is -3.75. The highest BCUT2D eigenvalue weighted by Crippen LogP contribution is 2.38. The highest BCUT2D eigenvalue weighted by atomic mass is 35.5. The highest BCUT2D eigenvalue weighted by molar-refractivity contribution is 7.89. The molecule has 0 unspecified atom stereocenters. The third-order valence-corrected chi connectivity index (χ3v) is 7.60. The van der Waals surface area contributed by atoms with Gasteiger partial charge in [0.25, 0.3) is 0 Å². The summed E-state index contributed by atoms with van der Waals surface area (Å²) < 4.78 is 32.4. The van der Waals surface area contributed by atoms with Crippen molar-refractivity contribution in [3.63, 3.8) is 0 Å². The number of ether oxygens (including phenoxy) is 1. The van der Waals surface area contributed by atoms with Crippen molar-refractivity contribution in [2.45, 2.75) is 30.3 Å². The molecule has 0 saturated carbocycles. The number of carbonyl (C=O) groups is 1. The number of rotatable bonds is 3. The fourth-order valence-electron chi connectivity index (χ4n) is 3.73. The molecule has 0 radical (unpaired) electrons. The van der Waals surface area contributed by atoms with Crippen LogP contribution in [0.4, 0.5) is 0 Å². The predicted octanol–water partition coefficient (Wildman–Crippen LogP) is 1.34. The second-order valence-corrected chi connectivity index (χ2v) is 9.27. The quantitative estimate of drug-likeness (QED) is 0.824. The van der Waals surface area contributed by atoms with Crippen LogP contribution >= 0.6 is 11.6 Å². The number of carbonyl (C=O) groups excluding carboxylic acids is 1. The van der Waals surface area contributed by atoms with Crippen molar-refractivity contribution in [1.82, 2.24) is 9.21 Å². The molecule has 7 nitrogen and oxygen atoms in total. The number of hydrogen-bond donors (Lipinski definition) is 1. The largest absolute Gasteiger partial charge is 0.495 e. The molecule has 0 aromatic heterocycles. The second-order valence-electron chi connectivity index (χ2n) is 6.92. The van der Waals surface area contributed by atoms with E-state index in [4.69, 9.17) is 16.3 Å². The van der Waals surface area contributed by atoms with Crippen molar-refractivity contribution in [3.8, 4) is 5.75 Å². The number of fused-ring (bicyclic) bond motifs is 1. The Morgan fingerprint density at radius 3 is 2.62 bits per heavy atom. The molecular weight excluding hydrogens is 380 g/mol. The monoisotopic (exact) mass is 402 g/mol. The lowest BCUT2D eigenvalue weighted by Gasteiger charge is -2.49. The van der Waals surface area contributed by atoms with Crippen LogP contribution in [-0.4, -0.2) is 67.5 Å². The van der Waals surface area contributed by atoms with Crippen LogP contribution in [0, 0.1) is 5.92 Å². The van der Waals surface area contributed by atoms with E-state index < -0.39 is 15.6 Å². The second kappa shape index (κ2) is 6.99. The van der Waals surface area contributed by atoms with Crippen LogP contribution in [-0.2, 0) is 14.8 Å². The maximum atomic E-state index is 13.0. The van der Waals surface area contributed by atoms with Crippen LogP contribution in [0.3, 0.4) is 0 Å². The number of piperidine rings is 2. The van der Waals surface area contributed by atoms with Gasteiger partial charge in [0.2, 0.25) is 15.9 Å². The zero-order chi connectivity index (χ0) is 19.1. The Hall–Kier alpha value is -1.35. The van der Waals surface area contributed by atoms with Crippen molar-refractivity contribution in [3.05, 3.63) is 23.2 Å². The van der Waals surface area contributed by atoms with E-state index in [0.717, 1.165) is 0 Å². The number of likely N-dealkylation sites (tertiary alicyclic amines) is 1.